The Morgan fingerprint density at radius 3 is 1.50 bits per heavy atom. The Balaban J connectivity index is 1.50. The summed E-state index contributed by atoms with van der Waals surface area (Å²) in [4.78, 5) is 23.3. The molecule has 3 rings (SSSR count). The summed E-state index contributed by atoms with van der Waals surface area (Å²) in [6.45, 7) is 0. The Bertz CT molecular complexity index is 834. The molecule has 0 saturated carbocycles. The lowest BCUT2D eigenvalue weighted by Crippen LogP contribution is -2.16. The van der Waals surface area contributed by atoms with E-state index in [1.165, 1.54) is 25.0 Å². The minimum atomic E-state index is -0.428. The summed E-state index contributed by atoms with van der Waals surface area (Å²) < 4.78 is 9.91. The van der Waals surface area contributed by atoms with Crippen molar-refractivity contribution in [2.45, 2.75) is 0 Å². The van der Waals surface area contributed by atoms with Gasteiger partial charge in [0.15, 0.2) is 11.5 Å². The van der Waals surface area contributed by atoms with Crippen molar-refractivity contribution in [1.82, 2.24) is 10.9 Å². The molecule has 130 valence electrons. The molecular weight excluding hydrogens is 336 g/mol. The van der Waals surface area contributed by atoms with Gasteiger partial charge in [-0.05, 0) is 35.4 Å². The number of rotatable bonds is 6. The average Bonchev–Trinajstić information content (AvgIpc) is 3.37. The number of carbonyl (C=O) groups excluding carboxylic acids is 2. The molecule has 26 heavy (non-hydrogen) atoms. The molecule has 2 N–H and O–H groups in total. The van der Waals surface area contributed by atoms with Crippen LogP contribution < -0.4 is 10.9 Å². The zero-order valence-electron chi connectivity index (χ0n) is 13.5. The molecule has 0 aliphatic rings. The van der Waals surface area contributed by atoms with Gasteiger partial charge in [0.05, 0.1) is 25.0 Å². The lowest BCUT2D eigenvalue weighted by molar-refractivity contribution is 0.0920. The third-order valence-corrected chi connectivity index (χ3v) is 3.19. The highest BCUT2D eigenvalue weighted by Gasteiger charge is 2.06. The highest BCUT2D eigenvalue weighted by atomic mass is 16.3. The number of amides is 2. The number of carbonyl (C=O) groups is 2. The Morgan fingerprint density at radius 2 is 1.15 bits per heavy atom. The molecule has 0 fully saturated rings. The fourth-order valence-corrected chi connectivity index (χ4v) is 1.92. The summed E-state index contributed by atoms with van der Waals surface area (Å²) in [5.41, 5.74) is 6.28. The molecule has 2 amide bonds. The minimum Gasteiger partial charge on any atom is -0.459 e. The monoisotopic (exact) mass is 350 g/mol. The Labute approximate surface area is 148 Å². The molecule has 8 nitrogen and oxygen atoms in total. The molecule has 0 saturated heterocycles. The van der Waals surface area contributed by atoms with Crippen LogP contribution in [0, 0.1) is 0 Å². The van der Waals surface area contributed by atoms with E-state index in [0.29, 0.717) is 0 Å². The van der Waals surface area contributed by atoms with Crippen LogP contribution in [-0.2, 0) is 0 Å². The van der Waals surface area contributed by atoms with Crippen molar-refractivity contribution in [3.63, 3.8) is 0 Å². The number of hydrogen-bond donors (Lipinski definition) is 2. The Morgan fingerprint density at radius 1 is 0.731 bits per heavy atom. The van der Waals surface area contributed by atoms with Gasteiger partial charge in [0, 0.05) is 0 Å². The fraction of sp³-hybridized carbons (Fsp3) is 0. The number of furan rings is 2. The maximum absolute atomic E-state index is 11.6. The van der Waals surface area contributed by atoms with Crippen LogP contribution in [0.4, 0.5) is 0 Å². The van der Waals surface area contributed by atoms with Crippen LogP contribution in [0.5, 0.6) is 0 Å². The molecule has 0 radical (unpaired) electrons. The van der Waals surface area contributed by atoms with E-state index in [0.717, 1.165) is 11.1 Å². The zero-order chi connectivity index (χ0) is 18.2. The van der Waals surface area contributed by atoms with Crippen LogP contribution in [0.3, 0.4) is 0 Å². The van der Waals surface area contributed by atoms with Crippen molar-refractivity contribution in [3.8, 4) is 0 Å². The van der Waals surface area contributed by atoms with Crippen molar-refractivity contribution in [3.05, 3.63) is 83.7 Å². The summed E-state index contributed by atoms with van der Waals surface area (Å²) in [5, 5.41) is 7.71. The second-order valence-electron chi connectivity index (χ2n) is 5.02. The van der Waals surface area contributed by atoms with Crippen LogP contribution in [0.15, 0.2) is 80.1 Å². The van der Waals surface area contributed by atoms with Crippen molar-refractivity contribution >= 4 is 24.2 Å². The van der Waals surface area contributed by atoms with Gasteiger partial charge in [-0.15, -0.1) is 0 Å². The van der Waals surface area contributed by atoms with Crippen molar-refractivity contribution < 1.29 is 18.4 Å². The van der Waals surface area contributed by atoms with E-state index in [2.05, 4.69) is 21.1 Å². The zero-order valence-corrected chi connectivity index (χ0v) is 13.5. The molecule has 2 heterocycles. The summed E-state index contributed by atoms with van der Waals surface area (Å²) in [7, 11) is 0. The van der Waals surface area contributed by atoms with Crippen molar-refractivity contribution in [2.24, 2.45) is 10.2 Å². The topological polar surface area (TPSA) is 109 Å². The summed E-state index contributed by atoms with van der Waals surface area (Å²) >= 11 is 0. The molecule has 0 aliphatic heterocycles. The highest BCUT2D eigenvalue weighted by Crippen LogP contribution is 2.02. The summed E-state index contributed by atoms with van der Waals surface area (Å²) in [5.74, 6) is -0.486. The summed E-state index contributed by atoms with van der Waals surface area (Å²) in [6, 6.07) is 13.5. The smallest absolute Gasteiger partial charge is 0.307 e. The van der Waals surface area contributed by atoms with E-state index in [1.807, 2.05) is 0 Å². The minimum absolute atomic E-state index is 0.185. The maximum atomic E-state index is 11.6. The first-order valence-corrected chi connectivity index (χ1v) is 7.56. The molecule has 0 aliphatic carbocycles. The molecule has 0 unspecified atom stereocenters. The van der Waals surface area contributed by atoms with E-state index < -0.39 is 11.8 Å². The van der Waals surface area contributed by atoms with Gasteiger partial charge in [0.2, 0.25) is 0 Å². The molecule has 3 aromatic rings. The number of nitrogens with zero attached hydrogens (tertiary/aromatic N) is 2. The first-order valence-electron chi connectivity index (χ1n) is 7.56. The molecule has 2 aromatic heterocycles. The highest BCUT2D eigenvalue weighted by molar-refractivity contribution is 5.93. The lowest BCUT2D eigenvalue weighted by atomic mass is 10.2. The number of nitrogens with one attached hydrogen (secondary N) is 2. The second kappa shape index (κ2) is 8.25. The Hall–Kier alpha value is -3.94. The predicted molar refractivity (Wildman–Crippen MR) is 94.0 cm³/mol. The standard InChI is InChI=1S/C18H14N4O4/c23-17(15-3-1-9-25-15)21-19-11-13-5-7-14(8-6-13)12-20-22-18(24)16-4-2-10-26-16/h1-12H,(H,21,23)(H,22,24)/b19-11+,20-12+. The maximum Gasteiger partial charge on any atom is 0.307 e. The quantitative estimate of drug-likeness (QED) is 0.525. The lowest BCUT2D eigenvalue weighted by Gasteiger charge is -1.98. The second-order valence-corrected chi connectivity index (χ2v) is 5.02. The van der Waals surface area contributed by atoms with Gasteiger partial charge >= 0.3 is 11.8 Å². The fourth-order valence-electron chi connectivity index (χ4n) is 1.92. The van der Waals surface area contributed by atoms with E-state index >= 15 is 0 Å². The van der Waals surface area contributed by atoms with Gasteiger partial charge in [0.1, 0.15) is 0 Å². The normalized spacial score (nSPS) is 11.1. The first-order chi connectivity index (χ1) is 12.7. The first kappa shape index (κ1) is 16.9. The molecule has 0 bridgehead atoms. The molecular formula is C18H14N4O4. The van der Waals surface area contributed by atoms with E-state index in [9.17, 15) is 9.59 Å². The van der Waals surface area contributed by atoms with Crippen LogP contribution in [-0.4, -0.2) is 24.2 Å². The van der Waals surface area contributed by atoms with Gasteiger partial charge in [-0.2, -0.15) is 10.2 Å². The van der Waals surface area contributed by atoms with Gasteiger partial charge in [-0.1, -0.05) is 24.3 Å². The van der Waals surface area contributed by atoms with Crippen LogP contribution >= 0.6 is 0 Å². The molecule has 8 heteroatoms. The average molecular weight is 350 g/mol. The van der Waals surface area contributed by atoms with E-state index in [4.69, 9.17) is 8.83 Å². The van der Waals surface area contributed by atoms with Gasteiger partial charge in [-0.25, -0.2) is 10.9 Å². The van der Waals surface area contributed by atoms with Crippen molar-refractivity contribution in [2.75, 3.05) is 0 Å². The molecule has 0 spiro atoms. The predicted octanol–water partition coefficient (Wildman–Crippen LogP) is 2.40. The van der Waals surface area contributed by atoms with Crippen molar-refractivity contribution in [1.29, 1.82) is 0 Å². The molecule has 1 aromatic carbocycles. The number of hydrazone groups is 2. The number of hydrogen-bond acceptors (Lipinski definition) is 6. The van der Waals surface area contributed by atoms with E-state index in [1.54, 1.807) is 48.5 Å². The summed E-state index contributed by atoms with van der Waals surface area (Å²) in [6.07, 6.45) is 5.83. The van der Waals surface area contributed by atoms with E-state index in [-0.39, 0.29) is 11.5 Å². The van der Waals surface area contributed by atoms with Gasteiger partial charge in [0.25, 0.3) is 0 Å². The number of benzene rings is 1. The third-order valence-electron chi connectivity index (χ3n) is 3.19. The van der Waals surface area contributed by atoms with Gasteiger partial charge in [-0.3, -0.25) is 9.59 Å². The largest absolute Gasteiger partial charge is 0.459 e. The third kappa shape index (κ3) is 4.54. The van der Waals surface area contributed by atoms with Crippen LogP contribution in [0.25, 0.3) is 0 Å². The van der Waals surface area contributed by atoms with Crippen LogP contribution in [0.2, 0.25) is 0 Å². The van der Waals surface area contributed by atoms with Crippen LogP contribution in [0.1, 0.15) is 32.2 Å². The van der Waals surface area contributed by atoms with Gasteiger partial charge < -0.3 is 8.83 Å². The SMILES string of the molecule is O=C(N/N=C/c1ccc(/C=N/NC(=O)c2ccco2)cc1)c1ccco1. The Kier molecular flexibility index (Phi) is 5.36. The molecule has 0 atom stereocenters.